The fourth-order valence-electron chi connectivity index (χ4n) is 4.27. The molecule has 4 rings (SSSR count). The van der Waals surface area contributed by atoms with Crippen LogP contribution in [0.1, 0.15) is 34.1 Å². The van der Waals surface area contributed by atoms with E-state index in [9.17, 15) is 9.59 Å². The van der Waals surface area contributed by atoms with Crippen LogP contribution >= 0.6 is 31.9 Å². The van der Waals surface area contributed by atoms with Gasteiger partial charge >= 0.3 is 0 Å². The number of halogens is 2. The Labute approximate surface area is 193 Å². The van der Waals surface area contributed by atoms with Crippen molar-refractivity contribution in [2.24, 2.45) is 0 Å². The van der Waals surface area contributed by atoms with Gasteiger partial charge in [-0.3, -0.25) is 19.4 Å². The molecule has 1 saturated heterocycles. The zero-order valence-corrected chi connectivity index (χ0v) is 20.1. The topological polar surface area (TPSA) is 53.1 Å². The molecule has 1 fully saturated rings. The van der Waals surface area contributed by atoms with Gasteiger partial charge in [0.1, 0.15) is 5.75 Å². The molecule has 30 heavy (non-hydrogen) atoms. The van der Waals surface area contributed by atoms with Crippen molar-refractivity contribution in [3.05, 3.63) is 56.5 Å². The van der Waals surface area contributed by atoms with Crippen molar-refractivity contribution >= 4 is 49.4 Å². The third-order valence-corrected chi connectivity index (χ3v) is 7.63. The molecule has 0 saturated carbocycles. The molecule has 0 N–H and O–H groups in total. The van der Waals surface area contributed by atoms with E-state index in [4.69, 9.17) is 4.74 Å². The van der Waals surface area contributed by atoms with Gasteiger partial charge in [-0.1, -0.05) is 19.1 Å². The molecular formula is C22H23Br2N3O3. The minimum atomic E-state index is -0.238. The molecule has 6 nitrogen and oxygen atoms in total. The molecule has 2 heterocycles. The smallest absolute Gasteiger partial charge is 0.262 e. The van der Waals surface area contributed by atoms with Crippen LogP contribution in [-0.2, 0) is 0 Å². The number of carbonyl (C=O) groups excluding carboxylic acids is 2. The number of hydrogen-bond donors (Lipinski definition) is 0. The zero-order valence-electron chi connectivity index (χ0n) is 16.9. The van der Waals surface area contributed by atoms with Gasteiger partial charge in [-0.25, -0.2) is 0 Å². The van der Waals surface area contributed by atoms with Gasteiger partial charge in [-0.05, 0) is 62.5 Å². The van der Waals surface area contributed by atoms with Gasteiger partial charge in [-0.15, -0.1) is 0 Å². The number of imide groups is 1. The number of piperazine rings is 1. The standard InChI is InChI=1S/C22H23Br2N3O3/c1-3-20(27-21(28)14-6-4-5-7-15(14)22(27)29)26-10-8-25(9-11-26)18-12-16(23)17(24)13-19(18)30-2/h4-7,12-13,20H,3,8-11H2,1-2H3. The monoisotopic (exact) mass is 535 g/mol. The Balaban J connectivity index is 1.51. The molecule has 1 atom stereocenters. The summed E-state index contributed by atoms with van der Waals surface area (Å²) < 4.78 is 7.48. The Hall–Kier alpha value is -1.90. The molecule has 8 heteroatoms. The number of ether oxygens (including phenoxy) is 1. The molecule has 0 spiro atoms. The number of carbonyl (C=O) groups is 2. The van der Waals surface area contributed by atoms with E-state index in [0.717, 1.165) is 46.6 Å². The lowest BCUT2D eigenvalue weighted by Gasteiger charge is -2.42. The van der Waals surface area contributed by atoms with Gasteiger partial charge in [0.25, 0.3) is 11.8 Å². The van der Waals surface area contributed by atoms with E-state index in [2.05, 4.69) is 47.7 Å². The Morgan fingerprint density at radius 2 is 1.53 bits per heavy atom. The predicted octanol–water partition coefficient (Wildman–Crippen LogP) is 4.37. The number of fused-ring (bicyclic) bond motifs is 1. The number of anilines is 1. The van der Waals surface area contributed by atoms with Crippen LogP contribution in [-0.4, -0.2) is 61.1 Å². The molecule has 0 radical (unpaired) electrons. The van der Waals surface area contributed by atoms with Crippen LogP contribution < -0.4 is 9.64 Å². The number of methoxy groups -OCH3 is 1. The maximum absolute atomic E-state index is 12.9. The molecule has 2 amide bonds. The number of amides is 2. The van der Waals surface area contributed by atoms with E-state index in [1.807, 2.05) is 13.0 Å². The van der Waals surface area contributed by atoms with Gasteiger partial charge < -0.3 is 9.64 Å². The van der Waals surface area contributed by atoms with Gasteiger partial charge in [0.05, 0.1) is 30.1 Å². The average Bonchev–Trinajstić information content (AvgIpc) is 3.02. The fourth-order valence-corrected chi connectivity index (χ4v) is 4.93. The minimum absolute atomic E-state index is 0.191. The molecule has 2 aliphatic heterocycles. The minimum Gasteiger partial charge on any atom is -0.495 e. The fraction of sp³-hybridized carbons (Fsp3) is 0.364. The van der Waals surface area contributed by atoms with Crippen molar-refractivity contribution in [3.8, 4) is 5.75 Å². The van der Waals surface area contributed by atoms with E-state index in [1.165, 1.54) is 4.90 Å². The van der Waals surface area contributed by atoms with E-state index >= 15 is 0 Å². The van der Waals surface area contributed by atoms with Crippen LogP contribution in [0.3, 0.4) is 0 Å². The lowest BCUT2D eigenvalue weighted by molar-refractivity contribution is 0.0277. The number of rotatable bonds is 5. The third-order valence-electron chi connectivity index (χ3n) is 5.79. The summed E-state index contributed by atoms with van der Waals surface area (Å²) in [6.07, 6.45) is 0.455. The molecular weight excluding hydrogens is 514 g/mol. The summed E-state index contributed by atoms with van der Waals surface area (Å²) in [6.45, 7) is 5.09. The lowest BCUT2D eigenvalue weighted by atomic mass is 10.1. The summed E-state index contributed by atoms with van der Waals surface area (Å²) >= 11 is 7.09. The maximum Gasteiger partial charge on any atom is 0.262 e. The molecule has 1 unspecified atom stereocenters. The van der Waals surface area contributed by atoms with E-state index < -0.39 is 0 Å². The predicted molar refractivity (Wildman–Crippen MR) is 123 cm³/mol. The van der Waals surface area contributed by atoms with E-state index in [-0.39, 0.29) is 18.0 Å². The molecule has 0 aromatic heterocycles. The van der Waals surface area contributed by atoms with Crippen molar-refractivity contribution in [2.45, 2.75) is 19.5 Å². The first-order valence-electron chi connectivity index (χ1n) is 9.95. The van der Waals surface area contributed by atoms with Crippen LogP contribution in [0.15, 0.2) is 45.3 Å². The summed E-state index contributed by atoms with van der Waals surface area (Å²) in [7, 11) is 1.67. The highest BCUT2D eigenvalue weighted by atomic mass is 79.9. The first-order valence-corrected chi connectivity index (χ1v) is 11.5. The second kappa shape index (κ2) is 8.69. The summed E-state index contributed by atoms with van der Waals surface area (Å²) in [5, 5.41) is 0. The highest BCUT2D eigenvalue weighted by molar-refractivity contribution is 9.13. The summed E-state index contributed by atoms with van der Waals surface area (Å²) in [6, 6.07) is 11.1. The lowest BCUT2D eigenvalue weighted by Crippen LogP contribution is -2.57. The Bertz CT molecular complexity index is 955. The summed E-state index contributed by atoms with van der Waals surface area (Å²) in [5.41, 5.74) is 2.04. The molecule has 2 aromatic carbocycles. The van der Waals surface area contributed by atoms with E-state index in [1.54, 1.807) is 31.4 Å². The van der Waals surface area contributed by atoms with Crippen LogP contribution in [0.2, 0.25) is 0 Å². The quantitative estimate of drug-likeness (QED) is 0.531. The SMILES string of the molecule is CCC(N1CCN(c2cc(Br)c(Br)cc2OC)CC1)N1C(=O)c2ccccc2C1=O. The second-order valence-corrected chi connectivity index (χ2v) is 9.08. The highest BCUT2D eigenvalue weighted by Gasteiger charge is 2.41. The maximum atomic E-state index is 12.9. The summed E-state index contributed by atoms with van der Waals surface area (Å²) in [5.74, 6) is 0.428. The highest BCUT2D eigenvalue weighted by Crippen LogP contribution is 2.37. The van der Waals surface area contributed by atoms with Crippen LogP contribution in [0.4, 0.5) is 5.69 Å². The Morgan fingerprint density at radius 1 is 0.967 bits per heavy atom. The first-order chi connectivity index (χ1) is 14.5. The molecule has 2 aromatic rings. The van der Waals surface area contributed by atoms with Crippen molar-refractivity contribution in [1.29, 1.82) is 0 Å². The summed E-state index contributed by atoms with van der Waals surface area (Å²) in [4.78, 5) is 31.8. The van der Waals surface area contributed by atoms with Gasteiger partial charge in [0.2, 0.25) is 0 Å². The normalized spacial score (nSPS) is 18.0. The molecule has 158 valence electrons. The van der Waals surface area contributed by atoms with Gasteiger partial charge in [-0.2, -0.15) is 0 Å². The average molecular weight is 537 g/mol. The number of benzene rings is 2. The number of nitrogens with zero attached hydrogens (tertiary/aromatic N) is 3. The van der Waals surface area contributed by atoms with Crippen LogP contribution in [0, 0.1) is 0 Å². The zero-order chi connectivity index (χ0) is 21.4. The van der Waals surface area contributed by atoms with Crippen molar-refractivity contribution < 1.29 is 14.3 Å². The molecule has 2 aliphatic rings. The van der Waals surface area contributed by atoms with E-state index in [0.29, 0.717) is 17.5 Å². The van der Waals surface area contributed by atoms with Crippen molar-refractivity contribution in [3.63, 3.8) is 0 Å². The van der Waals surface area contributed by atoms with Crippen molar-refractivity contribution in [1.82, 2.24) is 9.80 Å². The Kier molecular flexibility index (Phi) is 6.18. The van der Waals surface area contributed by atoms with Gasteiger partial charge in [0.15, 0.2) is 0 Å². The molecule has 0 bridgehead atoms. The third kappa shape index (κ3) is 3.65. The van der Waals surface area contributed by atoms with Crippen molar-refractivity contribution in [2.75, 3.05) is 38.2 Å². The van der Waals surface area contributed by atoms with Crippen LogP contribution in [0.5, 0.6) is 5.75 Å². The van der Waals surface area contributed by atoms with Gasteiger partial charge in [0, 0.05) is 35.1 Å². The first kappa shape index (κ1) is 21.3. The Morgan fingerprint density at radius 3 is 2.07 bits per heavy atom. The largest absolute Gasteiger partial charge is 0.495 e. The molecule has 0 aliphatic carbocycles. The number of hydrogen-bond acceptors (Lipinski definition) is 5. The second-order valence-electron chi connectivity index (χ2n) is 7.38. The van der Waals surface area contributed by atoms with Crippen LogP contribution in [0.25, 0.3) is 0 Å².